The molecule has 1 atom stereocenters. The van der Waals surface area contributed by atoms with Gasteiger partial charge in [-0.3, -0.25) is 0 Å². The summed E-state index contributed by atoms with van der Waals surface area (Å²) in [6, 6.07) is 1.65. The molecule has 0 saturated carbocycles. The summed E-state index contributed by atoms with van der Waals surface area (Å²) >= 11 is 1.37. The zero-order valence-corrected chi connectivity index (χ0v) is 7.94. The number of ether oxygens (including phenoxy) is 1. The van der Waals surface area contributed by atoms with Crippen LogP contribution in [-0.4, -0.2) is 24.5 Å². The van der Waals surface area contributed by atoms with E-state index < -0.39 is 18.9 Å². The molecule has 1 unspecified atom stereocenters. The summed E-state index contributed by atoms with van der Waals surface area (Å²) in [7, 11) is 0. The Morgan fingerprint density at radius 3 is 2.71 bits per heavy atom. The van der Waals surface area contributed by atoms with E-state index in [2.05, 4.69) is 4.74 Å². The summed E-state index contributed by atoms with van der Waals surface area (Å²) in [5.41, 5.74) is 0.581. The minimum Gasteiger partial charge on any atom is -0.386 e. The molecule has 0 aliphatic heterocycles. The van der Waals surface area contributed by atoms with Crippen molar-refractivity contribution in [1.82, 2.24) is 0 Å². The Morgan fingerprint density at radius 2 is 2.21 bits per heavy atom. The molecule has 2 nitrogen and oxygen atoms in total. The number of hydrogen-bond acceptors (Lipinski definition) is 3. The number of rotatable bonds is 4. The van der Waals surface area contributed by atoms with Crippen LogP contribution < -0.4 is 0 Å². The van der Waals surface area contributed by atoms with Crippen molar-refractivity contribution >= 4 is 11.3 Å². The Hall–Kier alpha value is -0.590. The number of halogens is 3. The van der Waals surface area contributed by atoms with Crippen molar-refractivity contribution in [3.8, 4) is 0 Å². The Balaban J connectivity index is 2.26. The van der Waals surface area contributed by atoms with E-state index >= 15 is 0 Å². The zero-order valence-electron chi connectivity index (χ0n) is 7.12. The van der Waals surface area contributed by atoms with E-state index in [4.69, 9.17) is 0 Å². The number of aliphatic hydroxyl groups excluding tert-OH is 1. The molecular formula is C8H9F3O2S. The lowest BCUT2D eigenvalue weighted by Gasteiger charge is -2.11. The van der Waals surface area contributed by atoms with Crippen LogP contribution in [0.2, 0.25) is 0 Å². The van der Waals surface area contributed by atoms with Gasteiger partial charge in [0.25, 0.3) is 0 Å². The summed E-state index contributed by atoms with van der Waals surface area (Å²) in [6.45, 7) is -1.66. The quantitative estimate of drug-likeness (QED) is 0.854. The third-order valence-electron chi connectivity index (χ3n) is 1.47. The van der Waals surface area contributed by atoms with Gasteiger partial charge >= 0.3 is 6.18 Å². The Labute approximate surface area is 82.9 Å². The second-order valence-corrected chi connectivity index (χ2v) is 3.48. The molecular weight excluding hydrogens is 217 g/mol. The summed E-state index contributed by atoms with van der Waals surface area (Å²) in [5.74, 6) is 0. The molecule has 14 heavy (non-hydrogen) atoms. The lowest BCUT2D eigenvalue weighted by Crippen LogP contribution is -2.19. The van der Waals surface area contributed by atoms with Crippen LogP contribution in [0.25, 0.3) is 0 Å². The number of hydrogen-bond donors (Lipinski definition) is 1. The second-order valence-electron chi connectivity index (χ2n) is 2.70. The molecule has 0 aliphatic carbocycles. The van der Waals surface area contributed by atoms with E-state index in [0.29, 0.717) is 5.56 Å². The van der Waals surface area contributed by atoms with Crippen LogP contribution in [0.5, 0.6) is 0 Å². The van der Waals surface area contributed by atoms with Crippen LogP contribution >= 0.6 is 11.3 Å². The molecule has 0 radical (unpaired) electrons. The molecule has 80 valence electrons. The molecule has 1 N–H and O–H groups in total. The van der Waals surface area contributed by atoms with E-state index in [1.165, 1.54) is 11.3 Å². The average molecular weight is 226 g/mol. The smallest absolute Gasteiger partial charge is 0.386 e. The largest absolute Gasteiger partial charge is 0.411 e. The number of thiophene rings is 1. The monoisotopic (exact) mass is 226 g/mol. The van der Waals surface area contributed by atoms with Crippen molar-refractivity contribution in [2.24, 2.45) is 0 Å². The summed E-state index contributed by atoms with van der Waals surface area (Å²) in [5, 5.41) is 12.7. The van der Waals surface area contributed by atoms with Crippen molar-refractivity contribution in [3.63, 3.8) is 0 Å². The first-order valence-electron chi connectivity index (χ1n) is 3.84. The fourth-order valence-corrected chi connectivity index (χ4v) is 1.55. The molecule has 0 spiro atoms. The highest BCUT2D eigenvalue weighted by atomic mass is 32.1. The normalized spacial score (nSPS) is 14.3. The van der Waals surface area contributed by atoms with Crippen LogP contribution in [0, 0.1) is 0 Å². The molecule has 1 rings (SSSR count). The fraction of sp³-hybridized carbons (Fsp3) is 0.500. The van der Waals surface area contributed by atoms with Crippen molar-refractivity contribution in [1.29, 1.82) is 0 Å². The van der Waals surface area contributed by atoms with E-state index in [9.17, 15) is 18.3 Å². The molecule has 0 bridgehead atoms. The summed E-state index contributed by atoms with van der Waals surface area (Å²) in [4.78, 5) is 0. The molecule has 1 aromatic heterocycles. The van der Waals surface area contributed by atoms with Crippen LogP contribution in [0.4, 0.5) is 13.2 Å². The highest BCUT2D eigenvalue weighted by molar-refractivity contribution is 7.07. The van der Waals surface area contributed by atoms with Gasteiger partial charge in [0.05, 0.1) is 6.61 Å². The van der Waals surface area contributed by atoms with E-state index in [1.807, 2.05) is 0 Å². The highest BCUT2D eigenvalue weighted by Crippen LogP contribution is 2.19. The molecule has 1 heterocycles. The van der Waals surface area contributed by atoms with Crippen LogP contribution in [0.15, 0.2) is 16.8 Å². The molecule has 0 fully saturated rings. The first-order valence-corrected chi connectivity index (χ1v) is 4.78. The van der Waals surface area contributed by atoms with Gasteiger partial charge in [-0.15, -0.1) is 0 Å². The Kier molecular flexibility index (Phi) is 3.91. The standard InChI is InChI=1S/C8H9F3O2S/c9-8(10,11)5-13-3-7(12)6-1-2-14-4-6/h1-2,4,7,12H,3,5H2. The van der Waals surface area contributed by atoms with Gasteiger partial charge in [-0.05, 0) is 22.4 Å². The zero-order chi connectivity index (χ0) is 10.6. The average Bonchev–Trinajstić information content (AvgIpc) is 2.53. The molecule has 1 aromatic rings. The Morgan fingerprint density at radius 1 is 1.50 bits per heavy atom. The first-order chi connectivity index (χ1) is 6.49. The van der Waals surface area contributed by atoms with E-state index in [-0.39, 0.29) is 6.61 Å². The maximum absolute atomic E-state index is 11.6. The molecule has 6 heteroatoms. The third kappa shape index (κ3) is 4.08. The highest BCUT2D eigenvalue weighted by Gasteiger charge is 2.27. The van der Waals surface area contributed by atoms with E-state index in [1.54, 1.807) is 16.8 Å². The van der Waals surface area contributed by atoms with Gasteiger partial charge < -0.3 is 9.84 Å². The first kappa shape index (κ1) is 11.5. The number of aliphatic hydroxyl groups is 1. The summed E-state index contributed by atoms with van der Waals surface area (Å²) in [6.07, 6.45) is -5.32. The van der Waals surface area contributed by atoms with Crippen LogP contribution in [0.3, 0.4) is 0 Å². The lowest BCUT2D eigenvalue weighted by atomic mass is 10.2. The topological polar surface area (TPSA) is 29.5 Å². The van der Waals surface area contributed by atoms with Crippen molar-refractivity contribution in [2.45, 2.75) is 12.3 Å². The number of alkyl halides is 3. The minimum absolute atomic E-state index is 0.337. The van der Waals surface area contributed by atoms with Gasteiger partial charge in [0.1, 0.15) is 12.7 Å². The van der Waals surface area contributed by atoms with Crippen molar-refractivity contribution in [2.75, 3.05) is 13.2 Å². The van der Waals surface area contributed by atoms with Gasteiger partial charge in [0.15, 0.2) is 0 Å². The molecule has 0 aromatic carbocycles. The van der Waals surface area contributed by atoms with Gasteiger partial charge in [0.2, 0.25) is 0 Å². The van der Waals surface area contributed by atoms with Crippen molar-refractivity contribution in [3.05, 3.63) is 22.4 Å². The van der Waals surface area contributed by atoms with Gasteiger partial charge in [-0.2, -0.15) is 24.5 Å². The van der Waals surface area contributed by atoms with Crippen LogP contribution in [-0.2, 0) is 4.74 Å². The van der Waals surface area contributed by atoms with Gasteiger partial charge in [-0.1, -0.05) is 0 Å². The van der Waals surface area contributed by atoms with Crippen LogP contribution in [0.1, 0.15) is 11.7 Å². The van der Waals surface area contributed by atoms with E-state index in [0.717, 1.165) is 0 Å². The molecule has 0 saturated heterocycles. The molecule has 0 aliphatic rings. The maximum atomic E-state index is 11.6. The maximum Gasteiger partial charge on any atom is 0.411 e. The van der Waals surface area contributed by atoms with Crippen molar-refractivity contribution < 1.29 is 23.0 Å². The lowest BCUT2D eigenvalue weighted by molar-refractivity contribution is -0.179. The summed E-state index contributed by atoms with van der Waals surface area (Å²) < 4.78 is 39.2. The predicted molar refractivity (Wildman–Crippen MR) is 46.2 cm³/mol. The molecule has 0 amide bonds. The third-order valence-corrected chi connectivity index (χ3v) is 2.17. The van der Waals surface area contributed by atoms with Gasteiger partial charge in [0, 0.05) is 0 Å². The minimum atomic E-state index is -4.34. The van der Waals surface area contributed by atoms with Gasteiger partial charge in [-0.25, -0.2) is 0 Å². The fourth-order valence-electron chi connectivity index (χ4n) is 0.847. The Bertz CT molecular complexity index is 258. The predicted octanol–water partition coefficient (Wildman–Crippen LogP) is 2.36. The SMILES string of the molecule is OC(COCC(F)(F)F)c1ccsc1. The second kappa shape index (κ2) is 4.77.